The maximum Gasteiger partial charge on any atom is 0.536 e. The number of pyridine rings is 1. The van der Waals surface area contributed by atoms with E-state index in [0.717, 1.165) is 0 Å². The molecule has 0 amide bonds. The number of fused-ring (bicyclic) bond motifs is 3. The zero-order valence-electron chi connectivity index (χ0n) is 12.9. The topological polar surface area (TPSA) is 3.88 Å². The number of aromatic nitrogens is 1. The highest BCUT2D eigenvalue weighted by atomic mass is 14.8. The summed E-state index contributed by atoms with van der Waals surface area (Å²) >= 11 is 0. The van der Waals surface area contributed by atoms with Crippen LogP contribution in [0.3, 0.4) is 0 Å². The molecule has 1 aromatic heterocycles. The van der Waals surface area contributed by atoms with Crippen molar-refractivity contribution < 1.29 is 4.48 Å². The molecule has 0 saturated carbocycles. The van der Waals surface area contributed by atoms with Crippen molar-refractivity contribution in [3.63, 3.8) is 0 Å². The van der Waals surface area contributed by atoms with Gasteiger partial charge in [-0.1, -0.05) is 56.3 Å². The molecule has 0 fully saturated rings. The molecule has 0 N–H and O–H groups in total. The van der Waals surface area contributed by atoms with E-state index in [0.29, 0.717) is 5.92 Å². The van der Waals surface area contributed by atoms with Crippen LogP contribution in [-0.2, 0) is 0 Å². The lowest BCUT2D eigenvalue weighted by atomic mass is 9.93. The first kappa shape index (κ1) is 13.9. The molecule has 1 radical (unpaired) electrons. The van der Waals surface area contributed by atoms with E-state index in [2.05, 4.69) is 93.4 Å². The van der Waals surface area contributed by atoms with Gasteiger partial charge in [-0.2, -0.15) is 0 Å². The Bertz CT molecular complexity index is 818. The van der Waals surface area contributed by atoms with Gasteiger partial charge in [-0.05, 0) is 24.4 Å². The van der Waals surface area contributed by atoms with E-state index in [4.69, 9.17) is 0 Å². The summed E-state index contributed by atoms with van der Waals surface area (Å²) in [6.07, 6.45) is 6.71. The normalized spacial score (nSPS) is 11.8. The molecule has 0 unspecified atom stereocenters. The Morgan fingerprint density at radius 2 is 1.86 bits per heavy atom. The van der Waals surface area contributed by atoms with Crippen LogP contribution < -0.4 is 4.48 Å². The fourth-order valence-electron chi connectivity index (χ4n) is 2.77. The van der Waals surface area contributed by atoms with E-state index < -0.39 is 0 Å². The molecule has 1 heterocycles. The summed E-state index contributed by atoms with van der Waals surface area (Å²) < 4.78 is 2.21. The van der Waals surface area contributed by atoms with Gasteiger partial charge in [0.15, 0.2) is 11.7 Å². The predicted octanol–water partition coefficient (Wildman–Crippen LogP) is 4.47. The predicted molar refractivity (Wildman–Crippen MR) is 92.5 cm³/mol. The van der Waals surface area contributed by atoms with Crippen molar-refractivity contribution in [2.45, 2.75) is 20.7 Å². The molecule has 0 aliphatic heterocycles. The van der Waals surface area contributed by atoms with E-state index >= 15 is 0 Å². The first-order chi connectivity index (χ1) is 10.2. The fraction of sp³-hybridized carbons (Fsp3) is 0.211. The Hall–Kier alpha value is -2.09. The van der Waals surface area contributed by atoms with Gasteiger partial charge in [-0.3, -0.25) is 4.48 Å². The van der Waals surface area contributed by atoms with E-state index in [-0.39, 0.29) is 0 Å². The van der Waals surface area contributed by atoms with Gasteiger partial charge in [0, 0.05) is 16.8 Å². The fourth-order valence-corrected chi connectivity index (χ4v) is 2.77. The molecule has 2 heteroatoms. The molecule has 0 saturated heterocycles. The zero-order chi connectivity index (χ0) is 14.8. The molecule has 0 aliphatic rings. The quantitative estimate of drug-likeness (QED) is 0.490. The average molecular weight is 273 g/mol. The molecule has 3 aromatic rings. The standard InChI is InChI=1S/C19H20BN/c1-14(2)11-12-15-8-6-10-18-19(15)17-9-5-4-7-16(17)13-21(18)20-3/h4-14H,1-3H3/q+1/b12-11+. The average Bonchev–Trinajstić information content (AvgIpc) is 2.51. The number of hydrogen-bond donors (Lipinski definition) is 0. The molecule has 0 bridgehead atoms. The van der Waals surface area contributed by atoms with Gasteiger partial charge in [-0.25, -0.2) is 0 Å². The van der Waals surface area contributed by atoms with Crippen LogP contribution in [0.5, 0.6) is 0 Å². The Morgan fingerprint density at radius 1 is 1.05 bits per heavy atom. The zero-order valence-corrected chi connectivity index (χ0v) is 12.9. The molecule has 1 nitrogen and oxygen atoms in total. The van der Waals surface area contributed by atoms with Gasteiger partial charge < -0.3 is 0 Å². The molecule has 2 aromatic carbocycles. The molecule has 3 rings (SSSR count). The van der Waals surface area contributed by atoms with Crippen LogP contribution in [0.25, 0.3) is 27.8 Å². The van der Waals surface area contributed by atoms with Crippen molar-refractivity contribution in [2.24, 2.45) is 5.92 Å². The Balaban J connectivity index is 2.41. The van der Waals surface area contributed by atoms with E-state index in [1.165, 1.54) is 27.2 Å². The first-order valence-electron chi connectivity index (χ1n) is 7.54. The van der Waals surface area contributed by atoms with Crippen molar-refractivity contribution in [3.8, 4) is 0 Å². The highest BCUT2D eigenvalue weighted by Gasteiger charge is 2.14. The second-order valence-electron chi connectivity index (χ2n) is 5.73. The Labute approximate surface area is 127 Å². The molecule has 0 atom stereocenters. The second kappa shape index (κ2) is 5.73. The van der Waals surface area contributed by atoms with E-state index in [1.54, 1.807) is 0 Å². The number of benzene rings is 2. The van der Waals surface area contributed by atoms with Gasteiger partial charge >= 0.3 is 7.41 Å². The third kappa shape index (κ3) is 2.58. The largest absolute Gasteiger partial charge is 0.536 e. The summed E-state index contributed by atoms with van der Waals surface area (Å²) in [5.74, 6) is 0.556. The van der Waals surface area contributed by atoms with Crippen molar-refractivity contribution in [3.05, 3.63) is 60.3 Å². The van der Waals surface area contributed by atoms with Crippen molar-refractivity contribution >= 4 is 35.2 Å². The number of rotatable bonds is 3. The van der Waals surface area contributed by atoms with Gasteiger partial charge in [-0.15, -0.1) is 0 Å². The Kier molecular flexibility index (Phi) is 3.79. The smallest absolute Gasteiger partial charge is 0.284 e. The minimum absolute atomic E-state index is 0.556. The maximum absolute atomic E-state index is 2.26. The summed E-state index contributed by atoms with van der Waals surface area (Å²) in [4.78, 5) is 0. The highest BCUT2D eigenvalue weighted by Crippen LogP contribution is 2.26. The minimum atomic E-state index is 0.556. The SMILES string of the molecule is C[B][n+]1cc2ccccc2c2c(/C=C/C(C)C)cccc21. The van der Waals surface area contributed by atoms with Crippen molar-refractivity contribution in [1.82, 2.24) is 0 Å². The lowest BCUT2D eigenvalue weighted by Gasteiger charge is -2.07. The Morgan fingerprint density at radius 3 is 2.62 bits per heavy atom. The van der Waals surface area contributed by atoms with Crippen LogP contribution in [0.15, 0.2) is 54.7 Å². The van der Waals surface area contributed by atoms with Crippen LogP contribution in [-0.4, -0.2) is 7.41 Å². The third-order valence-electron chi connectivity index (χ3n) is 3.80. The van der Waals surface area contributed by atoms with Crippen LogP contribution in [0.1, 0.15) is 19.4 Å². The van der Waals surface area contributed by atoms with Crippen LogP contribution in [0.2, 0.25) is 6.82 Å². The van der Waals surface area contributed by atoms with Crippen LogP contribution in [0.4, 0.5) is 0 Å². The lowest BCUT2D eigenvalue weighted by Crippen LogP contribution is -2.38. The van der Waals surface area contributed by atoms with Crippen LogP contribution in [0, 0.1) is 5.92 Å². The van der Waals surface area contributed by atoms with E-state index in [1.807, 2.05) is 0 Å². The third-order valence-corrected chi connectivity index (χ3v) is 3.80. The minimum Gasteiger partial charge on any atom is -0.284 e. The number of allylic oxidation sites excluding steroid dienone is 1. The van der Waals surface area contributed by atoms with Crippen molar-refractivity contribution in [2.75, 3.05) is 0 Å². The lowest BCUT2D eigenvalue weighted by molar-refractivity contribution is -0.496. The molecular weight excluding hydrogens is 253 g/mol. The summed E-state index contributed by atoms with van der Waals surface area (Å²) in [6.45, 7) is 6.49. The van der Waals surface area contributed by atoms with Gasteiger partial charge in [0.2, 0.25) is 0 Å². The van der Waals surface area contributed by atoms with E-state index in [9.17, 15) is 0 Å². The van der Waals surface area contributed by atoms with Gasteiger partial charge in [0.05, 0.1) is 5.39 Å². The molecule has 0 spiro atoms. The van der Waals surface area contributed by atoms with Crippen molar-refractivity contribution in [1.29, 1.82) is 0 Å². The summed E-state index contributed by atoms with van der Waals surface area (Å²) in [6, 6.07) is 15.1. The molecule has 21 heavy (non-hydrogen) atoms. The van der Waals surface area contributed by atoms with Gasteiger partial charge in [0.1, 0.15) is 0 Å². The highest BCUT2D eigenvalue weighted by molar-refractivity contribution is 6.24. The van der Waals surface area contributed by atoms with Gasteiger partial charge in [0.25, 0.3) is 0 Å². The number of nitrogens with zero attached hydrogens (tertiary/aromatic N) is 1. The second-order valence-corrected chi connectivity index (χ2v) is 5.73. The molecular formula is C19H20BN+. The van der Waals surface area contributed by atoms with Crippen LogP contribution >= 0.6 is 0 Å². The monoisotopic (exact) mass is 273 g/mol. The summed E-state index contributed by atoms with van der Waals surface area (Å²) in [7, 11) is 2.12. The summed E-state index contributed by atoms with van der Waals surface area (Å²) in [5.41, 5.74) is 2.54. The first-order valence-corrected chi connectivity index (χ1v) is 7.54. The maximum atomic E-state index is 2.26. The molecule has 103 valence electrons. The molecule has 0 aliphatic carbocycles. The summed E-state index contributed by atoms with van der Waals surface area (Å²) in [5, 5.41) is 3.91. The number of hydrogen-bond acceptors (Lipinski definition) is 0.